The molecule has 1 aliphatic heterocycles. The van der Waals surface area contributed by atoms with E-state index in [0.717, 1.165) is 6.42 Å². The van der Waals surface area contributed by atoms with Gasteiger partial charge in [0, 0.05) is 12.1 Å². The first kappa shape index (κ1) is 8.91. The highest BCUT2D eigenvalue weighted by atomic mass is 32.2. The Hall–Kier alpha value is -0.670. The second-order valence-corrected chi connectivity index (χ2v) is 4.45. The zero-order valence-electron chi connectivity index (χ0n) is 7.55. The van der Waals surface area contributed by atoms with E-state index in [1.807, 2.05) is 25.1 Å². The van der Waals surface area contributed by atoms with E-state index >= 15 is 0 Å². The van der Waals surface area contributed by atoms with Gasteiger partial charge in [-0.05, 0) is 31.0 Å². The Morgan fingerprint density at radius 1 is 1.46 bits per heavy atom. The van der Waals surface area contributed by atoms with Crippen LogP contribution in [0.1, 0.15) is 13.3 Å². The number of aliphatic hydroxyl groups is 1. The Labute approximate surface area is 82.7 Å². The van der Waals surface area contributed by atoms with Gasteiger partial charge in [-0.25, -0.2) is 0 Å². The van der Waals surface area contributed by atoms with Gasteiger partial charge in [0.1, 0.15) is 5.37 Å². The van der Waals surface area contributed by atoms with Gasteiger partial charge in [-0.3, -0.25) is 4.31 Å². The lowest BCUT2D eigenvalue weighted by Crippen LogP contribution is -2.08. The summed E-state index contributed by atoms with van der Waals surface area (Å²) in [5.41, 5.74) is 1.23. The molecule has 1 saturated heterocycles. The fourth-order valence-corrected chi connectivity index (χ4v) is 2.36. The quantitative estimate of drug-likeness (QED) is 0.591. The van der Waals surface area contributed by atoms with Crippen molar-refractivity contribution in [1.82, 2.24) is 0 Å². The maximum Gasteiger partial charge on any atom is 0.108 e. The lowest BCUT2D eigenvalue weighted by Gasteiger charge is -2.03. The minimum Gasteiger partial charge on any atom is -0.393 e. The summed E-state index contributed by atoms with van der Waals surface area (Å²) < 4.78 is 2.23. The van der Waals surface area contributed by atoms with E-state index in [-0.39, 0.29) is 6.10 Å². The lowest BCUT2D eigenvalue weighted by atomic mass is 10.2. The lowest BCUT2D eigenvalue weighted by molar-refractivity contribution is 0.187. The summed E-state index contributed by atoms with van der Waals surface area (Å²) in [4.78, 5) is 0. The highest BCUT2D eigenvalue weighted by Gasteiger charge is 2.36. The predicted molar refractivity (Wildman–Crippen MR) is 56.6 cm³/mol. The predicted octanol–water partition coefficient (Wildman–Crippen LogP) is 2.25. The van der Waals surface area contributed by atoms with E-state index in [1.54, 1.807) is 11.9 Å². The number of anilines is 1. The van der Waals surface area contributed by atoms with Gasteiger partial charge in [0.25, 0.3) is 0 Å². The molecule has 1 N–H and O–H groups in total. The molecule has 0 amide bonds. The summed E-state index contributed by atoms with van der Waals surface area (Å²) in [6.07, 6.45) is 0.644. The van der Waals surface area contributed by atoms with Gasteiger partial charge in [0.2, 0.25) is 0 Å². The van der Waals surface area contributed by atoms with E-state index < -0.39 is 0 Å². The van der Waals surface area contributed by atoms with Crippen LogP contribution in [0.3, 0.4) is 0 Å². The molecule has 1 aliphatic rings. The fraction of sp³-hybridized carbons (Fsp3) is 0.400. The SMILES string of the molecule is CC(O)CC1SN1c1ccccc1. The molecule has 0 bridgehead atoms. The second-order valence-electron chi connectivity index (χ2n) is 3.31. The molecule has 2 unspecified atom stereocenters. The van der Waals surface area contributed by atoms with E-state index in [4.69, 9.17) is 0 Å². The summed E-state index contributed by atoms with van der Waals surface area (Å²) in [6, 6.07) is 10.3. The van der Waals surface area contributed by atoms with Gasteiger partial charge in [0.05, 0.1) is 6.10 Å². The summed E-state index contributed by atoms with van der Waals surface area (Å²) >= 11 is 1.79. The Morgan fingerprint density at radius 2 is 2.15 bits per heavy atom. The molecule has 70 valence electrons. The third-order valence-corrected chi connectivity index (χ3v) is 3.13. The van der Waals surface area contributed by atoms with Crippen LogP contribution in [-0.4, -0.2) is 16.6 Å². The Morgan fingerprint density at radius 3 is 2.77 bits per heavy atom. The van der Waals surface area contributed by atoms with Gasteiger partial charge in [-0.1, -0.05) is 18.2 Å². The molecule has 0 spiro atoms. The molecule has 1 aromatic rings. The van der Waals surface area contributed by atoms with Gasteiger partial charge in [-0.15, -0.1) is 0 Å². The smallest absolute Gasteiger partial charge is 0.108 e. The number of hydrogen-bond donors (Lipinski definition) is 1. The molecule has 2 atom stereocenters. The number of benzene rings is 1. The van der Waals surface area contributed by atoms with Crippen LogP contribution in [0.25, 0.3) is 0 Å². The Bertz CT molecular complexity index is 276. The molecule has 1 heterocycles. The van der Waals surface area contributed by atoms with Crippen molar-refractivity contribution in [3.05, 3.63) is 30.3 Å². The third-order valence-electron chi connectivity index (χ3n) is 2.00. The largest absolute Gasteiger partial charge is 0.393 e. The average molecular weight is 195 g/mol. The maximum absolute atomic E-state index is 9.19. The first-order chi connectivity index (χ1) is 6.27. The highest BCUT2D eigenvalue weighted by Crippen LogP contribution is 2.46. The molecular weight excluding hydrogens is 182 g/mol. The van der Waals surface area contributed by atoms with Crippen molar-refractivity contribution < 1.29 is 5.11 Å². The molecule has 13 heavy (non-hydrogen) atoms. The molecule has 3 heteroatoms. The summed E-state index contributed by atoms with van der Waals surface area (Å²) in [5, 5.41) is 9.66. The van der Waals surface area contributed by atoms with Crippen molar-refractivity contribution in [3.63, 3.8) is 0 Å². The Kier molecular flexibility index (Phi) is 2.47. The molecule has 2 rings (SSSR count). The van der Waals surface area contributed by atoms with Crippen molar-refractivity contribution in [2.24, 2.45) is 0 Å². The molecule has 0 aliphatic carbocycles. The maximum atomic E-state index is 9.19. The molecule has 0 aromatic heterocycles. The van der Waals surface area contributed by atoms with Crippen LogP contribution in [0.2, 0.25) is 0 Å². The van der Waals surface area contributed by atoms with Crippen molar-refractivity contribution in [3.8, 4) is 0 Å². The first-order valence-electron chi connectivity index (χ1n) is 4.46. The van der Waals surface area contributed by atoms with Crippen LogP contribution < -0.4 is 4.31 Å². The normalized spacial score (nSPS) is 22.9. The van der Waals surface area contributed by atoms with Gasteiger partial charge in [0.15, 0.2) is 0 Å². The van der Waals surface area contributed by atoms with Crippen LogP contribution >= 0.6 is 11.9 Å². The van der Waals surface area contributed by atoms with E-state index in [2.05, 4.69) is 16.4 Å². The number of aliphatic hydroxyl groups excluding tert-OH is 1. The zero-order chi connectivity index (χ0) is 9.26. The molecule has 0 saturated carbocycles. The van der Waals surface area contributed by atoms with Gasteiger partial charge >= 0.3 is 0 Å². The fourth-order valence-electron chi connectivity index (χ4n) is 1.34. The molecule has 0 radical (unpaired) electrons. The van der Waals surface area contributed by atoms with Crippen LogP contribution in [0.5, 0.6) is 0 Å². The second kappa shape index (κ2) is 3.60. The third kappa shape index (κ3) is 2.17. The van der Waals surface area contributed by atoms with Crippen LogP contribution in [0, 0.1) is 0 Å². The molecule has 1 aromatic carbocycles. The Balaban J connectivity index is 1.93. The van der Waals surface area contributed by atoms with E-state index in [0.29, 0.717) is 5.37 Å². The molecule has 1 fully saturated rings. The number of nitrogens with zero attached hydrogens (tertiary/aromatic N) is 1. The highest BCUT2D eigenvalue weighted by molar-refractivity contribution is 8.08. The summed E-state index contributed by atoms with van der Waals surface area (Å²) in [7, 11) is 0. The monoisotopic (exact) mass is 195 g/mol. The minimum absolute atomic E-state index is 0.203. The van der Waals surface area contributed by atoms with Crippen molar-refractivity contribution in [1.29, 1.82) is 0 Å². The topological polar surface area (TPSA) is 23.2 Å². The summed E-state index contributed by atoms with van der Waals surface area (Å²) in [5.74, 6) is 0. The minimum atomic E-state index is -0.203. The molecular formula is C10H13NOS. The van der Waals surface area contributed by atoms with Crippen LogP contribution in [-0.2, 0) is 0 Å². The van der Waals surface area contributed by atoms with Gasteiger partial charge in [-0.2, -0.15) is 0 Å². The first-order valence-corrected chi connectivity index (χ1v) is 5.30. The molecule has 2 nitrogen and oxygen atoms in total. The van der Waals surface area contributed by atoms with E-state index in [1.165, 1.54) is 5.69 Å². The number of hydrogen-bond acceptors (Lipinski definition) is 3. The zero-order valence-corrected chi connectivity index (χ0v) is 8.37. The number of para-hydroxylation sites is 1. The number of rotatable bonds is 3. The van der Waals surface area contributed by atoms with Crippen LogP contribution in [0.4, 0.5) is 5.69 Å². The average Bonchev–Trinajstić information content (AvgIpc) is 2.84. The van der Waals surface area contributed by atoms with Crippen molar-refractivity contribution >= 4 is 17.6 Å². The van der Waals surface area contributed by atoms with Crippen LogP contribution in [0.15, 0.2) is 30.3 Å². The summed E-state index contributed by atoms with van der Waals surface area (Å²) in [6.45, 7) is 1.84. The van der Waals surface area contributed by atoms with Gasteiger partial charge < -0.3 is 5.11 Å². The standard InChI is InChI=1S/C10H13NOS/c1-8(12)7-10-11(13-10)9-5-3-2-4-6-9/h2-6,8,10,12H,7H2,1H3. The van der Waals surface area contributed by atoms with Crippen molar-refractivity contribution in [2.75, 3.05) is 4.31 Å². The van der Waals surface area contributed by atoms with Crippen molar-refractivity contribution in [2.45, 2.75) is 24.8 Å². The van der Waals surface area contributed by atoms with E-state index in [9.17, 15) is 5.11 Å².